The Kier molecular flexibility index (Phi) is 5.74. The standard InChI is InChI=1S/C17H18F5N7O/c18-16(19)6-2-5-10(12(16)23)26-15-27-14(11(13(24)30)28-29-15)25-9-4-1-3-8(7-9)17(20,21)22/h1,3-4,7,10,12H,2,5-6,23H2,(H2,24,30)(H2,25,26,27,29)/t10-,12-/m1/s1. The minimum absolute atomic E-state index is 0.0420. The number of anilines is 3. The van der Waals surface area contributed by atoms with Crippen LogP contribution in [0.1, 0.15) is 35.3 Å². The Hall–Kier alpha value is -3.09. The van der Waals surface area contributed by atoms with E-state index in [9.17, 15) is 26.7 Å². The maximum atomic E-state index is 13.8. The number of nitrogens with one attached hydrogen (secondary N) is 2. The van der Waals surface area contributed by atoms with Crippen LogP contribution in [0.5, 0.6) is 0 Å². The molecule has 3 rings (SSSR count). The molecule has 1 fully saturated rings. The van der Waals surface area contributed by atoms with Crippen LogP contribution in [0.3, 0.4) is 0 Å². The largest absolute Gasteiger partial charge is 0.416 e. The van der Waals surface area contributed by atoms with Crippen LogP contribution in [0.4, 0.5) is 39.4 Å². The topological polar surface area (TPSA) is 132 Å². The number of carbonyl (C=O) groups excluding carboxylic acids is 1. The number of aromatic nitrogens is 3. The third-order valence-corrected chi connectivity index (χ3v) is 4.63. The molecule has 0 unspecified atom stereocenters. The molecule has 13 heteroatoms. The lowest BCUT2D eigenvalue weighted by molar-refractivity contribution is -0.137. The monoisotopic (exact) mass is 431 g/mol. The highest BCUT2D eigenvalue weighted by Crippen LogP contribution is 2.34. The van der Waals surface area contributed by atoms with Crippen LogP contribution in [-0.4, -0.2) is 39.1 Å². The molecule has 0 radical (unpaired) electrons. The van der Waals surface area contributed by atoms with E-state index in [2.05, 4.69) is 25.8 Å². The lowest BCUT2D eigenvalue weighted by Crippen LogP contribution is -2.55. The average Bonchev–Trinajstić information content (AvgIpc) is 2.65. The quantitative estimate of drug-likeness (QED) is 0.535. The third kappa shape index (κ3) is 4.72. The summed E-state index contributed by atoms with van der Waals surface area (Å²) in [6.45, 7) is 0. The second-order valence-corrected chi connectivity index (χ2v) is 6.83. The first-order valence-corrected chi connectivity index (χ1v) is 8.86. The molecule has 0 aliphatic heterocycles. The molecule has 2 atom stereocenters. The van der Waals surface area contributed by atoms with Crippen LogP contribution in [0, 0.1) is 0 Å². The van der Waals surface area contributed by atoms with E-state index in [1.165, 1.54) is 6.07 Å². The lowest BCUT2D eigenvalue weighted by atomic mass is 9.87. The highest BCUT2D eigenvalue weighted by atomic mass is 19.4. The molecule has 0 saturated heterocycles. The van der Waals surface area contributed by atoms with E-state index in [4.69, 9.17) is 11.5 Å². The van der Waals surface area contributed by atoms with Gasteiger partial charge in [0.05, 0.1) is 17.6 Å². The van der Waals surface area contributed by atoms with Crippen molar-refractivity contribution in [1.29, 1.82) is 0 Å². The molecule has 0 bridgehead atoms. The van der Waals surface area contributed by atoms with Crippen LogP contribution < -0.4 is 22.1 Å². The molecule has 162 valence electrons. The summed E-state index contributed by atoms with van der Waals surface area (Å²) < 4.78 is 66.4. The molecule has 1 heterocycles. The van der Waals surface area contributed by atoms with Crippen molar-refractivity contribution in [3.8, 4) is 0 Å². The van der Waals surface area contributed by atoms with Gasteiger partial charge in [-0.3, -0.25) is 4.79 Å². The Morgan fingerprint density at radius 3 is 2.63 bits per heavy atom. The summed E-state index contributed by atoms with van der Waals surface area (Å²) in [5, 5.41) is 12.4. The van der Waals surface area contributed by atoms with Gasteiger partial charge in [0.15, 0.2) is 11.5 Å². The van der Waals surface area contributed by atoms with E-state index in [1.807, 2.05) is 0 Å². The van der Waals surface area contributed by atoms with Gasteiger partial charge in [-0.2, -0.15) is 18.2 Å². The van der Waals surface area contributed by atoms with E-state index in [-0.39, 0.29) is 30.3 Å². The maximum absolute atomic E-state index is 13.8. The van der Waals surface area contributed by atoms with E-state index < -0.39 is 41.3 Å². The number of primary amides is 1. The van der Waals surface area contributed by atoms with E-state index in [0.29, 0.717) is 6.42 Å². The third-order valence-electron chi connectivity index (χ3n) is 4.63. The van der Waals surface area contributed by atoms with Crippen molar-refractivity contribution in [3.63, 3.8) is 0 Å². The molecule has 8 nitrogen and oxygen atoms in total. The Labute approximate surface area is 167 Å². The number of nitrogens with zero attached hydrogens (tertiary/aromatic N) is 3. The lowest BCUT2D eigenvalue weighted by Gasteiger charge is -2.35. The fourth-order valence-corrected chi connectivity index (χ4v) is 3.08. The van der Waals surface area contributed by atoms with E-state index in [1.54, 1.807) is 0 Å². The molecule has 1 aliphatic rings. The summed E-state index contributed by atoms with van der Waals surface area (Å²) in [5.41, 5.74) is 9.43. The SMILES string of the molecule is NC(=O)c1nnc(N[C@@H]2CCCC(F)(F)[C@@H]2N)nc1Nc1cccc(C(F)(F)F)c1. The van der Waals surface area contributed by atoms with Gasteiger partial charge in [-0.15, -0.1) is 10.2 Å². The Balaban J connectivity index is 1.88. The molecular formula is C17H18F5N7O. The van der Waals surface area contributed by atoms with Crippen molar-refractivity contribution < 1.29 is 26.7 Å². The van der Waals surface area contributed by atoms with Gasteiger partial charge in [0.2, 0.25) is 5.95 Å². The minimum Gasteiger partial charge on any atom is -0.364 e. The zero-order chi connectivity index (χ0) is 22.1. The number of rotatable bonds is 5. The molecule has 6 N–H and O–H groups in total. The molecule has 30 heavy (non-hydrogen) atoms. The number of halogens is 5. The summed E-state index contributed by atoms with van der Waals surface area (Å²) in [4.78, 5) is 15.6. The number of amides is 1. The molecule has 0 spiro atoms. The van der Waals surface area contributed by atoms with Gasteiger partial charge in [-0.25, -0.2) is 8.78 Å². The second kappa shape index (κ2) is 7.97. The van der Waals surface area contributed by atoms with Crippen LogP contribution >= 0.6 is 0 Å². The molecule has 1 aromatic heterocycles. The summed E-state index contributed by atoms with van der Waals surface area (Å²) in [7, 11) is 0. The van der Waals surface area contributed by atoms with Gasteiger partial charge in [-0.1, -0.05) is 6.07 Å². The first-order chi connectivity index (χ1) is 14.0. The van der Waals surface area contributed by atoms with Crippen LogP contribution in [0.2, 0.25) is 0 Å². The van der Waals surface area contributed by atoms with Crippen molar-refractivity contribution in [2.24, 2.45) is 11.5 Å². The molecule has 2 aromatic rings. The predicted molar refractivity (Wildman–Crippen MR) is 97.3 cm³/mol. The summed E-state index contributed by atoms with van der Waals surface area (Å²) in [5.74, 6) is -4.62. The van der Waals surface area contributed by atoms with Gasteiger partial charge in [0.1, 0.15) is 0 Å². The number of hydrogen-bond acceptors (Lipinski definition) is 7. The molecule has 1 aliphatic carbocycles. The average molecular weight is 431 g/mol. The van der Waals surface area contributed by atoms with Gasteiger partial charge in [0.25, 0.3) is 11.8 Å². The van der Waals surface area contributed by atoms with E-state index >= 15 is 0 Å². The second-order valence-electron chi connectivity index (χ2n) is 6.83. The number of carbonyl (C=O) groups is 1. The predicted octanol–water partition coefficient (Wildman–Crippen LogP) is 2.66. The van der Waals surface area contributed by atoms with Crippen molar-refractivity contribution in [3.05, 3.63) is 35.5 Å². The Morgan fingerprint density at radius 1 is 1.23 bits per heavy atom. The van der Waals surface area contributed by atoms with Gasteiger partial charge < -0.3 is 22.1 Å². The van der Waals surface area contributed by atoms with Crippen LogP contribution in [0.15, 0.2) is 24.3 Å². The molecule has 1 saturated carbocycles. The van der Waals surface area contributed by atoms with Crippen molar-refractivity contribution in [2.45, 2.75) is 43.4 Å². The molecule has 1 aromatic carbocycles. The Bertz CT molecular complexity index is 937. The highest BCUT2D eigenvalue weighted by molar-refractivity contribution is 5.96. The number of hydrogen-bond donors (Lipinski definition) is 4. The first-order valence-electron chi connectivity index (χ1n) is 8.86. The van der Waals surface area contributed by atoms with Crippen LogP contribution in [-0.2, 0) is 6.18 Å². The summed E-state index contributed by atoms with van der Waals surface area (Å²) in [6.07, 6.45) is -4.37. The zero-order valence-corrected chi connectivity index (χ0v) is 15.4. The smallest absolute Gasteiger partial charge is 0.364 e. The normalized spacial score (nSPS) is 21.1. The maximum Gasteiger partial charge on any atom is 0.416 e. The van der Waals surface area contributed by atoms with Gasteiger partial charge in [0, 0.05) is 12.1 Å². The van der Waals surface area contributed by atoms with Crippen LogP contribution in [0.25, 0.3) is 0 Å². The number of alkyl halides is 5. The van der Waals surface area contributed by atoms with Crippen molar-refractivity contribution in [2.75, 3.05) is 10.6 Å². The minimum atomic E-state index is -4.58. The summed E-state index contributed by atoms with van der Waals surface area (Å²) in [6, 6.07) is 1.79. The zero-order valence-electron chi connectivity index (χ0n) is 15.4. The number of benzene rings is 1. The fourth-order valence-electron chi connectivity index (χ4n) is 3.08. The van der Waals surface area contributed by atoms with E-state index in [0.717, 1.165) is 18.2 Å². The highest BCUT2D eigenvalue weighted by Gasteiger charge is 2.45. The molecular weight excluding hydrogens is 413 g/mol. The van der Waals surface area contributed by atoms with Gasteiger partial charge in [-0.05, 0) is 31.0 Å². The van der Waals surface area contributed by atoms with Crippen molar-refractivity contribution in [1.82, 2.24) is 15.2 Å². The first kappa shape index (κ1) is 21.6. The summed E-state index contributed by atoms with van der Waals surface area (Å²) >= 11 is 0. The van der Waals surface area contributed by atoms with Crippen molar-refractivity contribution >= 4 is 23.4 Å². The fraction of sp³-hybridized carbons (Fsp3) is 0.412. The van der Waals surface area contributed by atoms with Gasteiger partial charge >= 0.3 is 6.18 Å². The number of nitrogens with two attached hydrogens (primary N) is 2. The Morgan fingerprint density at radius 2 is 1.97 bits per heavy atom. The molecule has 1 amide bonds.